The summed E-state index contributed by atoms with van der Waals surface area (Å²) in [7, 11) is 0. The molecular weight excluding hydrogens is 222 g/mol. The van der Waals surface area contributed by atoms with Gasteiger partial charge in [0, 0.05) is 13.1 Å². The normalized spacial score (nSPS) is 32.4. The molecule has 0 aromatic heterocycles. The third-order valence-electron chi connectivity index (χ3n) is 4.67. The number of nitrogens with zero attached hydrogens (tertiary/aromatic N) is 2. The van der Waals surface area contributed by atoms with E-state index in [2.05, 4.69) is 44.0 Å². The summed E-state index contributed by atoms with van der Waals surface area (Å²) in [5.41, 5.74) is -0.265. The van der Waals surface area contributed by atoms with Gasteiger partial charge in [-0.2, -0.15) is 5.26 Å². The molecule has 0 radical (unpaired) electrons. The van der Waals surface area contributed by atoms with Crippen LogP contribution in [0.2, 0.25) is 0 Å². The van der Waals surface area contributed by atoms with Crippen LogP contribution in [0.5, 0.6) is 0 Å². The smallest absolute Gasteiger partial charge is 0.107 e. The van der Waals surface area contributed by atoms with Crippen LogP contribution in [0, 0.1) is 23.2 Å². The molecule has 0 aromatic rings. The van der Waals surface area contributed by atoms with E-state index in [-0.39, 0.29) is 5.54 Å². The Morgan fingerprint density at radius 1 is 1.28 bits per heavy atom. The van der Waals surface area contributed by atoms with E-state index >= 15 is 0 Å². The van der Waals surface area contributed by atoms with Crippen molar-refractivity contribution in [1.29, 1.82) is 5.26 Å². The highest BCUT2D eigenvalue weighted by Gasteiger charge is 2.37. The molecule has 3 unspecified atom stereocenters. The number of hydrogen-bond donors (Lipinski definition) is 1. The lowest BCUT2D eigenvalue weighted by molar-refractivity contribution is 0.176. The Bertz CT molecular complexity index is 280. The summed E-state index contributed by atoms with van der Waals surface area (Å²) in [5.74, 6) is 1.41. The number of rotatable bonds is 6. The van der Waals surface area contributed by atoms with Crippen molar-refractivity contribution in [1.82, 2.24) is 10.2 Å². The van der Waals surface area contributed by atoms with E-state index in [1.165, 1.54) is 6.42 Å². The van der Waals surface area contributed by atoms with Crippen LogP contribution in [-0.4, -0.2) is 36.6 Å². The van der Waals surface area contributed by atoms with Gasteiger partial charge in [0.15, 0.2) is 0 Å². The lowest BCUT2D eigenvalue weighted by atomic mass is 9.72. The summed E-state index contributed by atoms with van der Waals surface area (Å²) >= 11 is 0. The van der Waals surface area contributed by atoms with Gasteiger partial charge in [0.05, 0.1) is 6.07 Å². The molecule has 0 aliphatic heterocycles. The zero-order chi connectivity index (χ0) is 13.6. The van der Waals surface area contributed by atoms with E-state index in [0.717, 1.165) is 44.9 Å². The minimum absolute atomic E-state index is 0.265. The van der Waals surface area contributed by atoms with E-state index in [0.29, 0.717) is 5.92 Å². The van der Waals surface area contributed by atoms with Crippen LogP contribution in [0.15, 0.2) is 0 Å². The molecule has 0 amide bonds. The van der Waals surface area contributed by atoms with Gasteiger partial charge in [-0.05, 0) is 44.2 Å². The summed E-state index contributed by atoms with van der Waals surface area (Å²) in [6, 6.07) is 2.55. The van der Waals surface area contributed by atoms with Crippen molar-refractivity contribution in [2.75, 3.05) is 26.2 Å². The van der Waals surface area contributed by atoms with Crippen LogP contribution in [-0.2, 0) is 0 Å². The first-order chi connectivity index (χ1) is 8.56. The first kappa shape index (κ1) is 15.5. The minimum Gasteiger partial charge on any atom is -0.303 e. The third kappa shape index (κ3) is 3.96. The molecular formula is C15H29N3. The molecule has 0 bridgehead atoms. The highest BCUT2D eigenvalue weighted by Crippen LogP contribution is 2.35. The molecule has 0 saturated heterocycles. The molecule has 18 heavy (non-hydrogen) atoms. The van der Waals surface area contributed by atoms with Crippen molar-refractivity contribution in [2.45, 2.75) is 52.5 Å². The molecule has 1 saturated carbocycles. The predicted octanol–water partition coefficient (Wildman–Crippen LogP) is 2.64. The molecule has 1 rings (SSSR count). The van der Waals surface area contributed by atoms with Crippen LogP contribution >= 0.6 is 0 Å². The van der Waals surface area contributed by atoms with Crippen LogP contribution in [0.3, 0.4) is 0 Å². The first-order valence-corrected chi connectivity index (χ1v) is 7.45. The van der Waals surface area contributed by atoms with Gasteiger partial charge in [0.1, 0.15) is 5.54 Å². The molecule has 0 spiro atoms. The summed E-state index contributed by atoms with van der Waals surface area (Å²) in [6.45, 7) is 13.1. The molecule has 3 heteroatoms. The van der Waals surface area contributed by atoms with Gasteiger partial charge >= 0.3 is 0 Å². The van der Waals surface area contributed by atoms with Gasteiger partial charge in [-0.1, -0.05) is 27.7 Å². The van der Waals surface area contributed by atoms with Crippen LogP contribution < -0.4 is 5.32 Å². The Labute approximate surface area is 113 Å². The Kier molecular flexibility index (Phi) is 6.11. The largest absolute Gasteiger partial charge is 0.303 e. The average Bonchev–Trinajstić information content (AvgIpc) is 2.39. The minimum atomic E-state index is -0.265. The van der Waals surface area contributed by atoms with E-state index in [1.807, 2.05) is 0 Å². The zero-order valence-corrected chi connectivity index (χ0v) is 12.5. The standard InChI is InChI=1S/C15H29N3/c1-5-18(6-2)10-9-17-15(12-16)8-7-13(3)14(4)11-15/h13-14,17H,5-11H2,1-4H3. The summed E-state index contributed by atoms with van der Waals surface area (Å²) in [6.07, 6.45) is 3.18. The maximum atomic E-state index is 9.50. The van der Waals surface area contributed by atoms with Crippen molar-refractivity contribution in [3.8, 4) is 6.07 Å². The fraction of sp³-hybridized carbons (Fsp3) is 0.933. The Morgan fingerprint density at radius 3 is 2.44 bits per heavy atom. The number of hydrogen-bond acceptors (Lipinski definition) is 3. The quantitative estimate of drug-likeness (QED) is 0.789. The summed E-state index contributed by atoms with van der Waals surface area (Å²) in [5, 5.41) is 13.0. The molecule has 0 heterocycles. The van der Waals surface area contributed by atoms with Gasteiger partial charge in [0.25, 0.3) is 0 Å². The Morgan fingerprint density at radius 2 is 1.94 bits per heavy atom. The van der Waals surface area contributed by atoms with Crippen molar-refractivity contribution in [2.24, 2.45) is 11.8 Å². The van der Waals surface area contributed by atoms with Crippen LogP contribution in [0.1, 0.15) is 47.0 Å². The van der Waals surface area contributed by atoms with Gasteiger partial charge in [0.2, 0.25) is 0 Å². The molecule has 1 aliphatic carbocycles. The van der Waals surface area contributed by atoms with Gasteiger partial charge in [-0.25, -0.2) is 0 Å². The van der Waals surface area contributed by atoms with E-state index in [9.17, 15) is 5.26 Å². The molecule has 1 N–H and O–H groups in total. The van der Waals surface area contributed by atoms with E-state index in [4.69, 9.17) is 0 Å². The third-order valence-corrected chi connectivity index (χ3v) is 4.67. The highest BCUT2D eigenvalue weighted by molar-refractivity contribution is 5.10. The lowest BCUT2D eigenvalue weighted by Crippen LogP contribution is -2.51. The fourth-order valence-electron chi connectivity index (χ4n) is 2.91. The van der Waals surface area contributed by atoms with Crippen LogP contribution in [0.25, 0.3) is 0 Å². The maximum absolute atomic E-state index is 9.50. The fourth-order valence-corrected chi connectivity index (χ4v) is 2.91. The molecule has 0 aromatic carbocycles. The first-order valence-electron chi connectivity index (χ1n) is 7.45. The molecule has 104 valence electrons. The highest BCUT2D eigenvalue weighted by atomic mass is 15.1. The molecule has 1 aliphatic rings. The average molecular weight is 251 g/mol. The molecule has 1 fully saturated rings. The summed E-state index contributed by atoms with van der Waals surface area (Å²) in [4.78, 5) is 2.40. The van der Waals surface area contributed by atoms with Crippen molar-refractivity contribution in [3.05, 3.63) is 0 Å². The van der Waals surface area contributed by atoms with Crippen molar-refractivity contribution >= 4 is 0 Å². The second kappa shape index (κ2) is 7.11. The second-order valence-electron chi connectivity index (χ2n) is 5.84. The number of likely N-dealkylation sites (N-methyl/N-ethyl adjacent to an activating group) is 1. The second-order valence-corrected chi connectivity index (χ2v) is 5.84. The van der Waals surface area contributed by atoms with Gasteiger partial charge in [-0.3, -0.25) is 5.32 Å². The predicted molar refractivity (Wildman–Crippen MR) is 76.3 cm³/mol. The SMILES string of the molecule is CCN(CC)CCNC1(C#N)CCC(C)C(C)C1. The molecule has 3 atom stereocenters. The Hall–Kier alpha value is -0.590. The summed E-state index contributed by atoms with van der Waals surface area (Å²) < 4.78 is 0. The van der Waals surface area contributed by atoms with Crippen LogP contribution in [0.4, 0.5) is 0 Å². The van der Waals surface area contributed by atoms with E-state index < -0.39 is 0 Å². The topological polar surface area (TPSA) is 39.1 Å². The number of nitriles is 1. The van der Waals surface area contributed by atoms with Gasteiger partial charge < -0.3 is 4.90 Å². The molecule has 3 nitrogen and oxygen atoms in total. The number of nitrogens with one attached hydrogen (secondary N) is 1. The van der Waals surface area contributed by atoms with Gasteiger partial charge in [-0.15, -0.1) is 0 Å². The van der Waals surface area contributed by atoms with Crippen molar-refractivity contribution in [3.63, 3.8) is 0 Å². The van der Waals surface area contributed by atoms with E-state index in [1.54, 1.807) is 0 Å². The Balaban J connectivity index is 2.45. The zero-order valence-electron chi connectivity index (χ0n) is 12.5. The maximum Gasteiger partial charge on any atom is 0.107 e. The lowest BCUT2D eigenvalue weighted by Gasteiger charge is -2.39. The van der Waals surface area contributed by atoms with Crippen molar-refractivity contribution < 1.29 is 0 Å². The monoisotopic (exact) mass is 251 g/mol.